The highest BCUT2D eigenvalue weighted by molar-refractivity contribution is 7.92. The van der Waals surface area contributed by atoms with Crippen LogP contribution in [0.2, 0.25) is 5.02 Å². The first-order chi connectivity index (χ1) is 14.2. The number of halogens is 1. The summed E-state index contributed by atoms with van der Waals surface area (Å²) >= 11 is 7.01. The van der Waals surface area contributed by atoms with Crippen molar-refractivity contribution in [2.45, 2.75) is 9.10 Å². The maximum absolute atomic E-state index is 12.6. The van der Waals surface area contributed by atoms with E-state index in [0.717, 1.165) is 11.3 Å². The molecule has 0 bridgehead atoms. The van der Waals surface area contributed by atoms with Gasteiger partial charge < -0.3 is 5.32 Å². The fourth-order valence-corrected chi connectivity index (χ4v) is 5.73. The Morgan fingerprint density at radius 3 is 2.40 bits per heavy atom. The van der Waals surface area contributed by atoms with Crippen LogP contribution >= 0.6 is 22.9 Å². The first-order valence-electron chi connectivity index (χ1n) is 8.38. The number of rotatable bonds is 8. The molecule has 8 nitrogen and oxygen atoms in total. The summed E-state index contributed by atoms with van der Waals surface area (Å²) in [4.78, 5) is 12.0. The number of para-hydroxylation sites is 1. The highest BCUT2D eigenvalue weighted by atomic mass is 35.5. The number of hydrogen-bond acceptors (Lipinski definition) is 6. The van der Waals surface area contributed by atoms with Crippen molar-refractivity contribution in [2.75, 3.05) is 16.6 Å². The molecule has 0 aliphatic heterocycles. The molecule has 1 amide bonds. The van der Waals surface area contributed by atoms with Crippen molar-refractivity contribution in [2.24, 2.45) is 0 Å². The second kappa shape index (κ2) is 9.14. The molecule has 3 N–H and O–H groups in total. The zero-order valence-electron chi connectivity index (χ0n) is 15.2. The maximum atomic E-state index is 12.6. The lowest BCUT2D eigenvalue weighted by molar-refractivity contribution is -0.115. The summed E-state index contributed by atoms with van der Waals surface area (Å²) in [5.41, 5.74) is 0.411. The quantitative estimate of drug-likeness (QED) is 0.452. The molecule has 1 heterocycles. The van der Waals surface area contributed by atoms with Gasteiger partial charge in [0.25, 0.3) is 20.0 Å². The van der Waals surface area contributed by atoms with Crippen LogP contribution in [-0.2, 0) is 24.8 Å². The van der Waals surface area contributed by atoms with Crippen LogP contribution in [0.4, 0.5) is 11.4 Å². The number of benzene rings is 2. The Labute approximate surface area is 183 Å². The van der Waals surface area contributed by atoms with Crippen molar-refractivity contribution in [1.82, 2.24) is 4.72 Å². The highest BCUT2D eigenvalue weighted by Crippen LogP contribution is 2.25. The molecule has 12 heteroatoms. The molecular weight excluding hydrogens is 470 g/mol. The van der Waals surface area contributed by atoms with Gasteiger partial charge in [0.05, 0.1) is 22.2 Å². The topological polar surface area (TPSA) is 121 Å². The molecular formula is C18H16ClN3O5S3. The van der Waals surface area contributed by atoms with E-state index in [1.165, 1.54) is 36.4 Å². The van der Waals surface area contributed by atoms with Gasteiger partial charge in [-0.25, -0.2) is 21.6 Å². The molecule has 3 aromatic rings. The Morgan fingerprint density at radius 2 is 1.70 bits per heavy atom. The standard InChI is InChI=1S/C18H16ClN3O5S3/c19-15-7-1-2-8-16(15)22-29(24,25)14-6-3-5-13(11-14)21-17(23)12-20-30(26,27)18-9-4-10-28-18/h1-11,20,22H,12H2,(H,21,23). The molecule has 0 atom stereocenters. The third kappa shape index (κ3) is 5.58. The lowest BCUT2D eigenvalue weighted by Gasteiger charge is -2.11. The predicted octanol–water partition coefficient (Wildman–Crippen LogP) is 3.12. The van der Waals surface area contributed by atoms with E-state index in [2.05, 4.69) is 14.8 Å². The molecule has 0 aliphatic carbocycles. The van der Waals surface area contributed by atoms with Crippen molar-refractivity contribution in [3.05, 3.63) is 71.1 Å². The first kappa shape index (κ1) is 22.2. The van der Waals surface area contributed by atoms with Crippen LogP contribution in [0.25, 0.3) is 0 Å². The summed E-state index contributed by atoms with van der Waals surface area (Å²) < 4.78 is 54.0. The van der Waals surface area contributed by atoms with Gasteiger partial charge in [-0.1, -0.05) is 35.9 Å². The number of carbonyl (C=O) groups is 1. The molecule has 0 fully saturated rings. The van der Waals surface area contributed by atoms with Crippen molar-refractivity contribution < 1.29 is 21.6 Å². The first-order valence-corrected chi connectivity index (χ1v) is 12.6. The lowest BCUT2D eigenvalue weighted by Crippen LogP contribution is -2.32. The van der Waals surface area contributed by atoms with Gasteiger partial charge in [0.2, 0.25) is 5.91 Å². The number of sulfonamides is 2. The molecule has 0 unspecified atom stereocenters. The summed E-state index contributed by atoms with van der Waals surface area (Å²) in [6, 6.07) is 14.9. The molecule has 3 rings (SSSR count). The minimum absolute atomic E-state index is 0.0917. The Hall–Kier alpha value is -2.44. The van der Waals surface area contributed by atoms with E-state index < -0.39 is 32.5 Å². The van der Waals surface area contributed by atoms with E-state index in [0.29, 0.717) is 0 Å². The van der Waals surface area contributed by atoms with Crippen LogP contribution in [0.5, 0.6) is 0 Å². The fourth-order valence-electron chi connectivity index (χ4n) is 2.34. The molecule has 158 valence electrons. The van der Waals surface area contributed by atoms with Gasteiger partial charge in [0, 0.05) is 5.69 Å². The molecule has 2 aromatic carbocycles. The van der Waals surface area contributed by atoms with Crippen LogP contribution in [0.15, 0.2) is 75.1 Å². The minimum Gasteiger partial charge on any atom is -0.325 e. The van der Waals surface area contributed by atoms with Crippen LogP contribution in [0.1, 0.15) is 0 Å². The van der Waals surface area contributed by atoms with Crippen LogP contribution < -0.4 is 14.8 Å². The van der Waals surface area contributed by atoms with Crippen molar-refractivity contribution in [3.63, 3.8) is 0 Å². The van der Waals surface area contributed by atoms with E-state index >= 15 is 0 Å². The average Bonchev–Trinajstić information content (AvgIpc) is 3.24. The van der Waals surface area contributed by atoms with Gasteiger partial charge in [0.1, 0.15) is 4.21 Å². The number of thiophene rings is 1. The number of nitrogens with one attached hydrogen (secondary N) is 3. The zero-order chi connectivity index (χ0) is 21.8. The smallest absolute Gasteiger partial charge is 0.262 e. The van der Waals surface area contributed by atoms with E-state index in [1.54, 1.807) is 29.6 Å². The third-order valence-electron chi connectivity index (χ3n) is 3.73. The maximum Gasteiger partial charge on any atom is 0.262 e. The van der Waals surface area contributed by atoms with E-state index in [4.69, 9.17) is 11.6 Å². The normalized spacial score (nSPS) is 11.8. The number of carbonyl (C=O) groups excluding carboxylic acids is 1. The van der Waals surface area contributed by atoms with Gasteiger partial charge in [-0.05, 0) is 41.8 Å². The lowest BCUT2D eigenvalue weighted by atomic mass is 10.3. The van der Waals surface area contributed by atoms with Crippen molar-refractivity contribution >= 4 is 60.3 Å². The van der Waals surface area contributed by atoms with Crippen molar-refractivity contribution in [1.29, 1.82) is 0 Å². The second-order valence-electron chi connectivity index (χ2n) is 5.92. The van der Waals surface area contributed by atoms with Crippen LogP contribution in [0, 0.1) is 0 Å². The SMILES string of the molecule is O=C(CNS(=O)(=O)c1cccs1)Nc1cccc(S(=O)(=O)Nc2ccccc2Cl)c1. The van der Waals surface area contributed by atoms with Crippen LogP contribution in [0.3, 0.4) is 0 Å². The summed E-state index contributed by atoms with van der Waals surface area (Å²) in [5.74, 6) is -0.649. The summed E-state index contributed by atoms with van der Waals surface area (Å²) in [5, 5.41) is 4.31. The Morgan fingerprint density at radius 1 is 0.933 bits per heavy atom. The van der Waals surface area contributed by atoms with Gasteiger partial charge in [-0.15, -0.1) is 11.3 Å². The van der Waals surface area contributed by atoms with E-state index in [-0.39, 0.29) is 25.5 Å². The average molecular weight is 486 g/mol. The molecule has 0 spiro atoms. The molecule has 0 aliphatic rings. The number of amides is 1. The molecule has 0 radical (unpaired) electrons. The molecule has 0 saturated heterocycles. The molecule has 30 heavy (non-hydrogen) atoms. The summed E-state index contributed by atoms with van der Waals surface area (Å²) in [7, 11) is -7.74. The monoisotopic (exact) mass is 485 g/mol. The summed E-state index contributed by atoms with van der Waals surface area (Å²) in [6.07, 6.45) is 0. The minimum atomic E-state index is -3.96. The van der Waals surface area contributed by atoms with Crippen molar-refractivity contribution in [3.8, 4) is 0 Å². The Kier molecular flexibility index (Phi) is 6.78. The molecule has 1 aromatic heterocycles. The van der Waals surface area contributed by atoms with Crippen LogP contribution in [-0.4, -0.2) is 29.3 Å². The summed E-state index contributed by atoms with van der Waals surface area (Å²) in [6.45, 7) is -0.505. The van der Waals surface area contributed by atoms with Gasteiger partial charge >= 0.3 is 0 Å². The van der Waals surface area contributed by atoms with Gasteiger partial charge in [-0.2, -0.15) is 0 Å². The molecule has 0 saturated carbocycles. The largest absolute Gasteiger partial charge is 0.325 e. The van der Waals surface area contributed by atoms with Gasteiger partial charge in [0.15, 0.2) is 0 Å². The Balaban J connectivity index is 1.68. The number of hydrogen-bond donors (Lipinski definition) is 3. The van der Waals surface area contributed by atoms with E-state index in [9.17, 15) is 21.6 Å². The van der Waals surface area contributed by atoms with E-state index in [1.807, 2.05) is 0 Å². The number of anilines is 2. The fraction of sp³-hybridized carbons (Fsp3) is 0.0556. The zero-order valence-corrected chi connectivity index (χ0v) is 18.4. The highest BCUT2D eigenvalue weighted by Gasteiger charge is 2.18. The third-order valence-corrected chi connectivity index (χ3v) is 8.22. The van der Waals surface area contributed by atoms with Gasteiger partial charge in [-0.3, -0.25) is 9.52 Å². The Bertz CT molecular complexity index is 1260. The second-order valence-corrected chi connectivity index (χ2v) is 10.9. The predicted molar refractivity (Wildman–Crippen MR) is 117 cm³/mol.